The monoisotopic (exact) mass is 414 g/mol. The normalized spacial score (nSPS) is 13.0. The minimum Gasteiger partial charge on any atom is -0.299 e. The molecule has 0 fully saturated rings. The molecule has 1 aromatic heterocycles. The van der Waals surface area contributed by atoms with Crippen LogP contribution >= 0.6 is 27.3 Å². The smallest absolute Gasteiger partial charge is 0.157 e. The van der Waals surface area contributed by atoms with Crippen molar-refractivity contribution in [2.75, 3.05) is 6.26 Å². The van der Waals surface area contributed by atoms with Crippen LogP contribution < -0.4 is 0 Å². The van der Waals surface area contributed by atoms with Gasteiger partial charge in [-0.2, -0.15) is 0 Å². The third-order valence-corrected chi connectivity index (χ3v) is 6.99. The molecule has 0 aliphatic heterocycles. The summed E-state index contributed by atoms with van der Waals surface area (Å²) in [5.74, 6) is -0.272. The number of Topliss-reactive ketones (excluding diaryl/α,β-unsaturated/α-hetero) is 1. The zero-order chi connectivity index (χ0) is 17.0. The second-order valence-corrected chi connectivity index (χ2v) is 10.3. The van der Waals surface area contributed by atoms with Gasteiger partial charge < -0.3 is 0 Å². The first-order valence-electron chi connectivity index (χ1n) is 7.31. The van der Waals surface area contributed by atoms with E-state index >= 15 is 0 Å². The highest BCUT2D eigenvalue weighted by Crippen LogP contribution is 2.31. The van der Waals surface area contributed by atoms with Crippen molar-refractivity contribution >= 4 is 42.9 Å². The molecule has 2 rings (SSSR count). The average Bonchev–Trinajstić information content (AvgIpc) is 2.89. The molecule has 0 saturated carbocycles. The summed E-state index contributed by atoms with van der Waals surface area (Å²) in [5.41, 5.74) is 2.32. The van der Waals surface area contributed by atoms with Crippen LogP contribution in [0.4, 0.5) is 0 Å². The number of hydrogen-bond donors (Lipinski definition) is 0. The van der Waals surface area contributed by atoms with Gasteiger partial charge in [0.15, 0.2) is 9.84 Å². The molecule has 0 saturated heterocycles. The van der Waals surface area contributed by atoms with Crippen LogP contribution in [0.2, 0.25) is 0 Å². The van der Waals surface area contributed by atoms with Crippen molar-refractivity contribution in [3.63, 3.8) is 0 Å². The molecular weight excluding hydrogens is 396 g/mol. The van der Waals surface area contributed by atoms with Crippen molar-refractivity contribution < 1.29 is 13.2 Å². The van der Waals surface area contributed by atoms with Crippen LogP contribution in [0.15, 0.2) is 40.2 Å². The molecule has 0 bridgehead atoms. The van der Waals surface area contributed by atoms with E-state index in [1.807, 2.05) is 6.07 Å². The van der Waals surface area contributed by atoms with Gasteiger partial charge in [-0.25, -0.2) is 8.42 Å². The third kappa shape index (κ3) is 5.26. The lowest BCUT2D eigenvalue weighted by molar-refractivity contribution is -0.116. The van der Waals surface area contributed by atoms with Crippen LogP contribution in [-0.2, 0) is 21.1 Å². The predicted molar refractivity (Wildman–Crippen MR) is 99.7 cm³/mol. The van der Waals surface area contributed by atoms with Gasteiger partial charge in [-0.15, -0.1) is 11.3 Å². The van der Waals surface area contributed by atoms with Crippen LogP contribution in [0.25, 0.3) is 10.4 Å². The van der Waals surface area contributed by atoms with Gasteiger partial charge in [0.1, 0.15) is 11.0 Å². The number of rotatable bonds is 7. The molecule has 1 atom stereocenters. The molecular formula is C17H19BrO3S2. The summed E-state index contributed by atoms with van der Waals surface area (Å²) < 4.78 is 24.3. The number of aryl methyl sites for hydroxylation is 1. The van der Waals surface area contributed by atoms with E-state index in [4.69, 9.17) is 0 Å². The van der Waals surface area contributed by atoms with Crippen molar-refractivity contribution in [1.29, 1.82) is 0 Å². The highest BCUT2D eigenvalue weighted by molar-refractivity contribution is 9.11. The van der Waals surface area contributed by atoms with Crippen molar-refractivity contribution in [1.82, 2.24) is 0 Å². The van der Waals surface area contributed by atoms with Crippen LogP contribution in [0.3, 0.4) is 0 Å². The van der Waals surface area contributed by atoms with Crippen molar-refractivity contribution in [2.45, 2.75) is 31.4 Å². The molecule has 2 aromatic rings. The maximum absolute atomic E-state index is 11.6. The molecule has 23 heavy (non-hydrogen) atoms. The number of thiophene rings is 1. The number of ketones is 1. The first-order chi connectivity index (χ1) is 10.8. The fourth-order valence-corrected chi connectivity index (χ4v) is 5.10. The van der Waals surface area contributed by atoms with E-state index in [-0.39, 0.29) is 5.78 Å². The number of carbonyl (C=O) groups excluding carboxylic acids is 1. The Hall–Kier alpha value is -0.980. The number of hydrogen-bond acceptors (Lipinski definition) is 4. The molecule has 6 heteroatoms. The van der Waals surface area contributed by atoms with E-state index in [2.05, 4.69) is 46.3 Å². The lowest BCUT2D eigenvalue weighted by Gasteiger charge is -2.11. The van der Waals surface area contributed by atoms with E-state index in [1.54, 1.807) is 11.3 Å². The lowest BCUT2D eigenvalue weighted by Crippen LogP contribution is -2.27. The lowest BCUT2D eigenvalue weighted by atomic mass is 10.0. The summed E-state index contributed by atoms with van der Waals surface area (Å²) >= 11 is 5.15. The Bertz CT molecular complexity index is 776. The Morgan fingerprint density at radius 2 is 1.83 bits per heavy atom. The summed E-state index contributed by atoms with van der Waals surface area (Å²) in [5, 5.41) is -0.870. The predicted octanol–water partition coefficient (Wildman–Crippen LogP) is 4.50. The van der Waals surface area contributed by atoms with Crippen LogP contribution in [0, 0.1) is 0 Å². The Balaban J connectivity index is 1.95. The van der Waals surface area contributed by atoms with Gasteiger partial charge in [0, 0.05) is 11.1 Å². The zero-order valence-corrected chi connectivity index (χ0v) is 16.3. The molecule has 1 aromatic carbocycles. The molecule has 3 nitrogen and oxygen atoms in total. The molecule has 124 valence electrons. The van der Waals surface area contributed by atoms with Crippen LogP contribution in [-0.4, -0.2) is 25.7 Å². The van der Waals surface area contributed by atoms with E-state index in [0.29, 0.717) is 12.8 Å². The molecule has 0 N–H and O–H groups in total. The van der Waals surface area contributed by atoms with Gasteiger partial charge in [-0.1, -0.05) is 24.3 Å². The highest BCUT2D eigenvalue weighted by atomic mass is 79.9. The number of sulfone groups is 1. The van der Waals surface area contributed by atoms with Gasteiger partial charge in [-0.3, -0.25) is 4.79 Å². The van der Waals surface area contributed by atoms with E-state index in [1.165, 1.54) is 17.4 Å². The summed E-state index contributed by atoms with van der Waals surface area (Å²) in [4.78, 5) is 12.7. The Kier molecular flexibility index (Phi) is 6.17. The minimum atomic E-state index is -3.31. The topological polar surface area (TPSA) is 51.2 Å². The second-order valence-electron chi connectivity index (χ2n) is 5.62. The maximum Gasteiger partial charge on any atom is 0.157 e. The van der Waals surface area contributed by atoms with Crippen LogP contribution in [0.1, 0.15) is 25.3 Å². The summed E-state index contributed by atoms with van der Waals surface area (Å²) in [7, 11) is -3.31. The van der Waals surface area contributed by atoms with Crippen molar-refractivity contribution in [3.05, 3.63) is 45.7 Å². The van der Waals surface area contributed by atoms with Gasteiger partial charge in [0.2, 0.25) is 0 Å². The molecule has 0 spiro atoms. The quantitative estimate of drug-likeness (QED) is 0.669. The Labute approximate surface area is 149 Å². The van der Waals surface area contributed by atoms with Gasteiger partial charge in [0.05, 0.1) is 3.79 Å². The first kappa shape index (κ1) is 18.4. The average molecular weight is 415 g/mol. The Morgan fingerprint density at radius 1 is 1.17 bits per heavy atom. The second kappa shape index (κ2) is 7.73. The Morgan fingerprint density at radius 3 is 2.30 bits per heavy atom. The number of benzene rings is 1. The molecule has 0 aliphatic carbocycles. The van der Waals surface area contributed by atoms with E-state index in [9.17, 15) is 13.2 Å². The van der Waals surface area contributed by atoms with Gasteiger partial charge in [-0.05, 0) is 65.4 Å². The van der Waals surface area contributed by atoms with Gasteiger partial charge >= 0.3 is 0 Å². The first-order valence-corrected chi connectivity index (χ1v) is 10.9. The standard InChI is InChI=1S/C17H19BrO3S2/c1-12(19)16(23(2,20)21)5-3-4-13-6-8-14(9-7-13)15-10-11-17(18)22-15/h6-11,16H,3-5H2,1-2H3. The summed E-state index contributed by atoms with van der Waals surface area (Å²) in [6.45, 7) is 1.35. The number of halogens is 1. The van der Waals surface area contributed by atoms with Crippen LogP contribution in [0.5, 0.6) is 0 Å². The highest BCUT2D eigenvalue weighted by Gasteiger charge is 2.24. The summed E-state index contributed by atoms with van der Waals surface area (Å²) in [6.07, 6.45) is 2.97. The van der Waals surface area contributed by atoms with Gasteiger partial charge in [0.25, 0.3) is 0 Å². The molecule has 1 heterocycles. The molecule has 0 amide bonds. The zero-order valence-electron chi connectivity index (χ0n) is 13.1. The minimum absolute atomic E-state index is 0.272. The van der Waals surface area contributed by atoms with Crippen molar-refractivity contribution in [2.24, 2.45) is 0 Å². The fraction of sp³-hybridized carbons (Fsp3) is 0.353. The third-order valence-electron chi connectivity index (χ3n) is 3.71. The fourth-order valence-electron chi connectivity index (χ4n) is 2.52. The number of carbonyl (C=O) groups is 1. The van der Waals surface area contributed by atoms with E-state index in [0.717, 1.165) is 22.0 Å². The van der Waals surface area contributed by atoms with E-state index < -0.39 is 15.1 Å². The van der Waals surface area contributed by atoms with Crippen molar-refractivity contribution in [3.8, 4) is 10.4 Å². The SMILES string of the molecule is CC(=O)C(CCCc1ccc(-c2ccc(Br)s2)cc1)S(C)(=O)=O. The molecule has 0 aliphatic rings. The summed E-state index contributed by atoms with van der Waals surface area (Å²) in [6, 6.07) is 12.4. The molecule has 0 radical (unpaired) electrons. The molecule has 1 unspecified atom stereocenters. The maximum atomic E-state index is 11.6. The largest absolute Gasteiger partial charge is 0.299 e.